The highest BCUT2D eigenvalue weighted by Gasteiger charge is 2.05. The molecule has 0 bridgehead atoms. The second kappa shape index (κ2) is 5.02. The summed E-state index contributed by atoms with van der Waals surface area (Å²) in [5, 5.41) is 10.7. The van der Waals surface area contributed by atoms with Crippen LogP contribution in [0.25, 0.3) is 10.9 Å². The van der Waals surface area contributed by atoms with E-state index in [9.17, 15) is 4.79 Å². The SMILES string of the molecule is O=C(O)c1ccc(Cn2ccc3ccc(Cl)cc32)cc1. The zero-order chi connectivity index (χ0) is 14.1. The van der Waals surface area contributed by atoms with Crippen LogP contribution in [0, 0.1) is 0 Å². The van der Waals surface area contributed by atoms with E-state index in [0.29, 0.717) is 17.1 Å². The van der Waals surface area contributed by atoms with Crippen molar-refractivity contribution in [2.75, 3.05) is 0 Å². The molecule has 0 unspecified atom stereocenters. The number of halogens is 1. The lowest BCUT2D eigenvalue weighted by atomic mass is 10.1. The van der Waals surface area contributed by atoms with Crippen LogP contribution in [0.2, 0.25) is 5.02 Å². The number of carbonyl (C=O) groups is 1. The van der Waals surface area contributed by atoms with Crippen molar-refractivity contribution >= 4 is 28.5 Å². The van der Waals surface area contributed by atoms with E-state index < -0.39 is 5.97 Å². The summed E-state index contributed by atoms with van der Waals surface area (Å²) in [4.78, 5) is 10.8. The Balaban J connectivity index is 1.92. The Morgan fingerprint density at radius 1 is 1.10 bits per heavy atom. The summed E-state index contributed by atoms with van der Waals surface area (Å²) >= 11 is 6.03. The number of hydrogen-bond donors (Lipinski definition) is 1. The molecule has 2 aromatic carbocycles. The number of carboxylic acids is 1. The summed E-state index contributed by atoms with van der Waals surface area (Å²) in [6.45, 7) is 0.684. The second-order valence-electron chi connectivity index (χ2n) is 4.65. The smallest absolute Gasteiger partial charge is 0.335 e. The first-order valence-corrected chi connectivity index (χ1v) is 6.58. The molecule has 0 aliphatic heterocycles. The minimum absolute atomic E-state index is 0.300. The van der Waals surface area contributed by atoms with Gasteiger partial charge < -0.3 is 9.67 Å². The van der Waals surface area contributed by atoms with Gasteiger partial charge in [-0.05, 0) is 41.3 Å². The third kappa shape index (κ3) is 2.40. The highest BCUT2D eigenvalue weighted by Crippen LogP contribution is 2.21. The van der Waals surface area contributed by atoms with Crippen LogP contribution in [0.5, 0.6) is 0 Å². The third-order valence-corrected chi connectivity index (χ3v) is 3.52. The summed E-state index contributed by atoms with van der Waals surface area (Å²) in [6, 6.07) is 14.7. The van der Waals surface area contributed by atoms with Gasteiger partial charge in [0.25, 0.3) is 0 Å². The first kappa shape index (κ1) is 12.8. The van der Waals surface area contributed by atoms with Gasteiger partial charge in [-0.25, -0.2) is 4.79 Å². The van der Waals surface area contributed by atoms with E-state index in [2.05, 4.69) is 4.57 Å². The molecule has 0 aliphatic rings. The Morgan fingerprint density at radius 3 is 2.55 bits per heavy atom. The first-order valence-electron chi connectivity index (χ1n) is 6.20. The Bertz CT molecular complexity index is 775. The number of nitrogens with zero attached hydrogens (tertiary/aromatic N) is 1. The van der Waals surface area contributed by atoms with Crippen molar-refractivity contribution in [3.63, 3.8) is 0 Å². The number of fused-ring (bicyclic) bond motifs is 1. The second-order valence-corrected chi connectivity index (χ2v) is 5.09. The Kier molecular flexibility index (Phi) is 3.20. The molecule has 0 radical (unpaired) electrons. The van der Waals surface area contributed by atoms with Crippen LogP contribution in [-0.2, 0) is 6.54 Å². The molecule has 3 rings (SSSR count). The lowest BCUT2D eigenvalue weighted by Gasteiger charge is -2.06. The van der Waals surface area contributed by atoms with Crippen molar-refractivity contribution in [1.29, 1.82) is 0 Å². The van der Waals surface area contributed by atoms with Gasteiger partial charge in [0.15, 0.2) is 0 Å². The molecule has 0 fully saturated rings. The predicted molar refractivity (Wildman–Crippen MR) is 79.5 cm³/mol. The molecule has 0 spiro atoms. The maximum absolute atomic E-state index is 10.8. The van der Waals surface area contributed by atoms with Gasteiger partial charge in [0.2, 0.25) is 0 Å². The molecule has 1 heterocycles. The maximum atomic E-state index is 10.8. The van der Waals surface area contributed by atoms with Crippen LogP contribution in [0.15, 0.2) is 54.7 Å². The molecule has 0 amide bonds. The van der Waals surface area contributed by atoms with Crippen LogP contribution in [-0.4, -0.2) is 15.6 Å². The largest absolute Gasteiger partial charge is 0.478 e. The van der Waals surface area contributed by atoms with Crippen molar-refractivity contribution in [2.45, 2.75) is 6.54 Å². The Morgan fingerprint density at radius 2 is 1.85 bits per heavy atom. The van der Waals surface area contributed by atoms with Crippen molar-refractivity contribution in [3.8, 4) is 0 Å². The molecule has 1 N–H and O–H groups in total. The van der Waals surface area contributed by atoms with Crippen LogP contribution in [0.3, 0.4) is 0 Å². The van der Waals surface area contributed by atoms with Crippen LogP contribution < -0.4 is 0 Å². The van der Waals surface area contributed by atoms with Crippen molar-refractivity contribution in [1.82, 2.24) is 4.57 Å². The van der Waals surface area contributed by atoms with Crippen LogP contribution in [0.4, 0.5) is 0 Å². The zero-order valence-electron chi connectivity index (χ0n) is 10.6. The van der Waals surface area contributed by atoms with E-state index in [1.165, 1.54) is 0 Å². The highest BCUT2D eigenvalue weighted by atomic mass is 35.5. The van der Waals surface area contributed by atoms with E-state index in [0.717, 1.165) is 16.5 Å². The van der Waals surface area contributed by atoms with Gasteiger partial charge in [-0.15, -0.1) is 0 Å². The van der Waals surface area contributed by atoms with E-state index in [4.69, 9.17) is 16.7 Å². The lowest BCUT2D eigenvalue weighted by Crippen LogP contribution is -2.00. The van der Waals surface area contributed by atoms with Gasteiger partial charge in [-0.2, -0.15) is 0 Å². The number of rotatable bonds is 3. The van der Waals surface area contributed by atoms with Gasteiger partial charge >= 0.3 is 5.97 Å². The highest BCUT2D eigenvalue weighted by molar-refractivity contribution is 6.31. The average Bonchev–Trinajstić information content (AvgIpc) is 2.82. The minimum Gasteiger partial charge on any atom is -0.478 e. The monoisotopic (exact) mass is 285 g/mol. The molecule has 20 heavy (non-hydrogen) atoms. The van der Waals surface area contributed by atoms with Crippen molar-refractivity contribution in [2.24, 2.45) is 0 Å². The molecule has 4 heteroatoms. The lowest BCUT2D eigenvalue weighted by molar-refractivity contribution is 0.0697. The molecule has 0 saturated carbocycles. The van der Waals surface area contributed by atoms with E-state index in [1.54, 1.807) is 12.1 Å². The quantitative estimate of drug-likeness (QED) is 0.789. The fraction of sp³-hybridized carbons (Fsp3) is 0.0625. The minimum atomic E-state index is -0.908. The number of carboxylic acid groups (broad SMARTS) is 1. The molecule has 0 aliphatic carbocycles. The standard InChI is InChI=1S/C16H12ClNO2/c17-14-6-5-12-7-8-18(15(12)9-14)10-11-1-3-13(4-2-11)16(19)20/h1-9H,10H2,(H,19,20). The summed E-state index contributed by atoms with van der Waals surface area (Å²) in [5.41, 5.74) is 2.42. The topological polar surface area (TPSA) is 42.2 Å². The molecule has 0 atom stereocenters. The molecule has 3 aromatic rings. The predicted octanol–water partition coefficient (Wildman–Crippen LogP) is 4.04. The van der Waals surface area contributed by atoms with Gasteiger partial charge in [0, 0.05) is 23.3 Å². The third-order valence-electron chi connectivity index (χ3n) is 3.29. The molecule has 100 valence electrons. The average molecular weight is 286 g/mol. The van der Waals surface area contributed by atoms with E-state index >= 15 is 0 Å². The van der Waals surface area contributed by atoms with Crippen LogP contribution >= 0.6 is 11.6 Å². The summed E-state index contributed by atoms with van der Waals surface area (Å²) < 4.78 is 2.09. The Hall–Kier alpha value is -2.26. The van der Waals surface area contributed by atoms with Crippen molar-refractivity contribution in [3.05, 3.63) is 70.9 Å². The molecular formula is C16H12ClNO2. The molecule has 1 aromatic heterocycles. The summed E-state index contributed by atoms with van der Waals surface area (Å²) in [5.74, 6) is -0.908. The fourth-order valence-electron chi connectivity index (χ4n) is 2.24. The number of aromatic nitrogens is 1. The zero-order valence-corrected chi connectivity index (χ0v) is 11.3. The summed E-state index contributed by atoms with van der Waals surface area (Å²) in [6.07, 6.45) is 2.01. The number of hydrogen-bond acceptors (Lipinski definition) is 1. The van der Waals surface area contributed by atoms with Gasteiger partial charge in [0.1, 0.15) is 0 Å². The molecular weight excluding hydrogens is 274 g/mol. The maximum Gasteiger partial charge on any atom is 0.335 e. The van der Waals surface area contributed by atoms with E-state index in [1.807, 2.05) is 42.6 Å². The fourth-order valence-corrected chi connectivity index (χ4v) is 2.41. The molecule has 0 saturated heterocycles. The van der Waals surface area contributed by atoms with E-state index in [-0.39, 0.29) is 0 Å². The van der Waals surface area contributed by atoms with Gasteiger partial charge in [-0.1, -0.05) is 29.8 Å². The first-order chi connectivity index (χ1) is 9.63. The summed E-state index contributed by atoms with van der Waals surface area (Å²) in [7, 11) is 0. The Labute approximate surface area is 121 Å². The van der Waals surface area contributed by atoms with Gasteiger partial charge in [-0.3, -0.25) is 0 Å². The number of aromatic carboxylic acids is 1. The normalized spacial score (nSPS) is 10.8. The van der Waals surface area contributed by atoms with Gasteiger partial charge in [0.05, 0.1) is 5.56 Å². The molecule has 3 nitrogen and oxygen atoms in total. The van der Waals surface area contributed by atoms with Crippen LogP contribution in [0.1, 0.15) is 15.9 Å². The number of benzene rings is 2. The van der Waals surface area contributed by atoms with Crippen molar-refractivity contribution < 1.29 is 9.90 Å².